The number of aliphatic carboxylic acids is 1. The number of halogens is 1. The van der Waals surface area contributed by atoms with Crippen molar-refractivity contribution in [3.05, 3.63) is 35.6 Å². The molecule has 7 nitrogen and oxygen atoms in total. The summed E-state index contributed by atoms with van der Waals surface area (Å²) >= 11 is 0. The smallest absolute Gasteiger partial charge is 0.326 e. The number of likely N-dealkylation sites (N-methyl/N-ethyl adjacent to an activating group) is 1. The molecule has 0 aliphatic carbocycles. The molecule has 8 heteroatoms. The van der Waals surface area contributed by atoms with Crippen LogP contribution in [0.1, 0.15) is 32.3 Å². The molecule has 0 aromatic heterocycles. The normalized spacial score (nSPS) is 12.8. The van der Waals surface area contributed by atoms with E-state index in [9.17, 15) is 18.8 Å². The molecule has 0 radical (unpaired) electrons. The highest BCUT2D eigenvalue weighted by Crippen LogP contribution is 2.06. The van der Waals surface area contributed by atoms with E-state index >= 15 is 0 Å². The minimum atomic E-state index is -1.12. The van der Waals surface area contributed by atoms with Gasteiger partial charge < -0.3 is 20.6 Å². The van der Waals surface area contributed by atoms with Gasteiger partial charge in [-0.3, -0.25) is 4.79 Å². The number of benzene rings is 1. The molecular weight excluding hydrogens is 329 g/mol. The van der Waals surface area contributed by atoms with E-state index in [4.69, 9.17) is 5.11 Å². The molecule has 0 spiro atoms. The number of nitrogens with zero attached hydrogens (tertiary/aromatic N) is 1. The Morgan fingerprint density at radius 1 is 1.24 bits per heavy atom. The summed E-state index contributed by atoms with van der Waals surface area (Å²) in [5, 5.41) is 14.2. The first-order chi connectivity index (χ1) is 11.8. The minimum absolute atomic E-state index is 0.181. The lowest BCUT2D eigenvalue weighted by atomic mass is 10.1. The molecule has 0 saturated carbocycles. The summed E-state index contributed by atoms with van der Waals surface area (Å²) in [4.78, 5) is 36.5. The maximum atomic E-state index is 12.8. The number of carboxylic acid groups (broad SMARTS) is 1. The van der Waals surface area contributed by atoms with Crippen LogP contribution in [0, 0.1) is 5.82 Å². The number of amides is 3. The SMILES string of the molecule is CCCC(NC(=O)NCc1ccc(F)cc1)C(=O)N(C)C(C)C(=O)O. The molecule has 0 saturated heterocycles. The Bertz CT molecular complexity index is 606. The second-order valence-corrected chi connectivity index (χ2v) is 5.76. The van der Waals surface area contributed by atoms with Crippen molar-refractivity contribution >= 4 is 17.9 Å². The molecule has 25 heavy (non-hydrogen) atoms. The van der Waals surface area contributed by atoms with Crippen LogP contribution in [-0.4, -0.2) is 47.0 Å². The summed E-state index contributed by atoms with van der Waals surface area (Å²) in [5.74, 6) is -1.95. The number of urea groups is 1. The molecule has 138 valence electrons. The van der Waals surface area contributed by atoms with Crippen LogP contribution >= 0.6 is 0 Å². The summed E-state index contributed by atoms with van der Waals surface area (Å²) in [6, 6.07) is 3.33. The van der Waals surface area contributed by atoms with Gasteiger partial charge >= 0.3 is 12.0 Å². The first-order valence-corrected chi connectivity index (χ1v) is 8.04. The molecule has 1 aromatic rings. The van der Waals surface area contributed by atoms with Crippen molar-refractivity contribution in [1.29, 1.82) is 0 Å². The van der Waals surface area contributed by atoms with Crippen LogP contribution in [0.2, 0.25) is 0 Å². The summed E-state index contributed by atoms with van der Waals surface area (Å²) in [5.41, 5.74) is 0.714. The van der Waals surface area contributed by atoms with E-state index in [1.54, 1.807) is 12.1 Å². The molecule has 2 unspecified atom stereocenters. The quantitative estimate of drug-likeness (QED) is 0.663. The van der Waals surface area contributed by atoms with Gasteiger partial charge in [-0.25, -0.2) is 14.0 Å². The van der Waals surface area contributed by atoms with E-state index in [-0.39, 0.29) is 12.4 Å². The molecule has 0 aliphatic heterocycles. The van der Waals surface area contributed by atoms with E-state index in [1.807, 2.05) is 6.92 Å². The largest absolute Gasteiger partial charge is 0.480 e. The molecule has 1 aromatic carbocycles. The number of carbonyl (C=O) groups excluding carboxylic acids is 2. The molecule has 0 fully saturated rings. The molecule has 1 rings (SSSR count). The topological polar surface area (TPSA) is 98.7 Å². The van der Waals surface area contributed by atoms with Gasteiger partial charge in [0.25, 0.3) is 0 Å². The first kappa shape index (κ1) is 20.4. The van der Waals surface area contributed by atoms with Crippen LogP contribution in [0.3, 0.4) is 0 Å². The fraction of sp³-hybridized carbons (Fsp3) is 0.471. The lowest BCUT2D eigenvalue weighted by molar-refractivity contribution is -0.149. The lowest BCUT2D eigenvalue weighted by Crippen LogP contribution is -2.53. The van der Waals surface area contributed by atoms with Crippen LogP contribution in [0.25, 0.3) is 0 Å². The second-order valence-electron chi connectivity index (χ2n) is 5.76. The summed E-state index contributed by atoms with van der Waals surface area (Å²) in [6.07, 6.45) is 1.03. The summed E-state index contributed by atoms with van der Waals surface area (Å²) in [6.45, 7) is 3.44. The average Bonchev–Trinajstić information content (AvgIpc) is 2.58. The van der Waals surface area contributed by atoms with Gasteiger partial charge in [0.15, 0.2) is 0 Å². The number of carbonyl (C=O) groups is 3. The number of hydrogen-bond acceptors (Lipinski definition) is 3. The van der Waals surface area contributed by atoms with Crippen LogP contribution in [0.4, 0.5) is 9.18 Å². The molecule has 0 aliphatic rings. The van der Waals surface area contributed by atoms with E-state index in [0.717, 1.165) is 4.90 Å². The molecule has 0 bridgehead atoms. The molecule has 3 N–H and O–H groups in total. The van der Waals surface area contributed by atoms with E-state index in [2.05, 4.69) is 10.6 Å². The third-order valence-corrected chi connectivity index (χ3v) is 3.83. The predicted molar refractivity (Wildman–Crippen MR) is 90.3 cm³/mol. The minimum Gasteiger partial charge on any atom is -0.480 e. The van der Waals surface area contributed by atoms with Crippen LogP contribution < -0.4 is 10.6 Å². The van der Waals surface area contributed by atoms with Gasteiger partial charge in [0.2, 0.25) is 5.91 Å². The van der Waals surface area contributed by atoms with E-state index < -0.39 is 30.0 Å². The maximum Gasteiger partial charge on any atom is 0.326 e. The highest BCUT2D eigenvalue weighted by molar-refractivity contribution is 5.89. The van der Waals surface area contributed by atoms with Crippen LogP contribution in [0.5, 0.6) is 0 Å². The molecule has 2 atom stereocenters. The van der Waals surface area contributed by atoms with Gasteiger partial charge in [-0.15, -0.1) is 0 Å². The van der Waals surface area contributed by atoms with Gasteiger partial charge in [0, 0.05) is 13.6 Å². The predicted octanol–water partition coefficient (Wildman–Crippen LogP) is 1.73. The number of nitrogens with one attached hydrogen (secondary N) is 2. The van der Waals surface area contributed by atoms with Crippen molar-refractivity contribution in [2.24, 2.45) is 0 Å². The van der Waals surface area contributed by atoms with Gasteiger partial charge in [0.05, 0.1) is 0 Å². The second kappa shape index (κ2) is 9.61. The standard InChI is InChI=1S/C17H24FN3O4/c1-4-5-14(15(22)21(3)11(2)16(23)24)20-17(25)19-10-12-6-8-13(18)9-7-12/h6-9,11,14H,4-5,10H2,1-3H3,(H,23,24)(H2,19,20,25). The van der Waals surface area contributed by atoms with Crippen LogP contribution in [0.15, 0.2) is 24.3 Å². The Morgan fingerprint density at radius 2 is 1.84 bits per heavy atom. The Hall–Kier alpha value is -2.64. The summed E-state index contributed by atoms with van der Waals surface area (Å²) in [7, 11) is 1.39. The summed E-state index contributed by atoms with van der Waals surface area (Å²) < 4.78 is 12.8. The third kappa shape index (κ3) is 6.40. The van der Waals surface area contributed by atoms with Gasteiger partial charge in [-0.1, -0.05) is 25.5 Å². The molecule has 0 heterocycles. The van der Waals surface area contributed by atoms with Crippen molar-refractivity contribution < 1.29 is 23.9 Å². The Balaban J connectivity index is 2.63. The Labute approximate surface area is 146 Å². The zero-order chi connectivity index (χ0) is 19.0. The van der Waals surface area contributed by atoms with Crippen molar-refractivity contribution in [3.63, 3.8) is 0 Å². The van der Waals surface area contributed by atoms with Crippen molar-refractivity contribution in [3.8, 4) is 0 Å². The fourth-order valence-corrected chi connectivity index (χ4v) is 2.14. The molecular formula is C17H24FN3O4. The van der Waals surface area contributed by atoms with Gasteiger partial charge in [-0.2, -0.15) is 0 Å². The van der Waals surface area contributed by atoms with Gasteiger partial charge in [0.1, 0.15) is 17.9 Å². The van der Waals surface area contributed by atoms with Crippen LogP contribution in [-0.2, 0) is 16.1 Å². The third-order valence-electron chi connectivity index (χ3n) is 3.83. The maximum absolute atomic E-state index is 12.8. The average molecular weight is 353 g/mol. The molecule has 3 amide bonds. The highest BCUT2D eigenvalue weighted by atomic mass is 19.1. The van der Waals surface area contributed by atoms with Gasteiger partial charge in [-0.05, 0) is 31.0 Å². The zero-order valence-corrected chi connectivity index (χ0v) is 14.6. The van der Waals surface area contributed by atoms with E-state index in [1.165, 1.54) is 26.1 Å². The monoisotopic (exact) mass is 353 g/mol. The first-order valence-electron chi connectivity index (χ1n) is 8.04. The lowest BCUT2D eigenvalue weighted by Gasteiger charge is -2.27. The Kier molecular flexibility index (Phi) is 7.84. The number of rotatable bonds is 8. The highest BCUT2D eigenvalue weighted by Gasteiger charge is 2.28. The Morgan fingerprint density at radius 3 is 2.36 bits per heavy atom. The van der Waals surface area contributed by atoms with Crippen molar-refractivity contribution in [1.82, 2.24) is 15.5 Å². The van der Waals surface area contributed by atoms with Crippen molar-refractivity contribution in [2.75, 3.05) is 7.05 Å². The van der Waals surface area contributed by atoms with Crippen molar-refractivity contribution in [2.45, 2.75) is 45.3 Å². The van der Waals surface area contributed by atoms with E-state index in [0.29, 0.717) is 18.4 Å². The number of hydrogen-bond donors (Lipinski definition) is 3. The number of carboxylic acids is 1. The zero-order valence-electron chi connectivity index (χ0n) is 14.6. The fourth-order valence-electron chi connectivity index (χ4n) is 2.14.